The summed E-state index contributed by atoms with van der Waals surface area (Å²) in [5.41, 5.74) is 24.6. The second kappa shape index (κ2) is 13.4. The second-order valence-electron chi connectivity index (χ2n) is 21.6. The molecule has 1 aliphatic carbocycles. The van der Waals surface area contributed by atoms with Crippen molar-refractivity contribution < 1.29 is 0 Å². The number of rotatable bonds is 3. The van der Waals surface area contributed by atoms with E-state index >= 15 is 0 Å². The molecule has 0 saturated carbocycles. The number of anilines is 5. The molecule has 7 aromatic carbocycles. The highest BCUT2D eigenvalue weighted by Gasteiger charge is 2.50. The van der Waals surface area contributed by atoms with Crippen LogP contribution in [-0.2, 0) is 21.7 Å². The fourth-order valence-corrected chi connectivity index (χ4v) is 10.7. The van der Waals surface area contributed by atoms with Gasteiger partial charge in [-0.3, -0.25) is 0 Å². The van der Waals surface area contributed by atoms with Gasteiger partial charge in [-0.2, -0.15) is 0 Å². The molecule has 7 aromatic rings. The Labute approximate surface area is 365 Å². The van der Waals surface area contributed by atoms with Gasteiger partial charge in [-0.25, -0.2) is 0 Å². The van der Waals surface area contributed by atoms with Gasteiger partial charge in [0, 0.05) is 39.3 Å². The fraction of sp³-hybridized carbons (Fsp3) is 0.276. The van der Waals surface area contributed by atoms with E-state index in [0.717, 1.165) is 0 Å². The number of aryl methyl sites for hydroxylation is 1. The molecule has 0 atom stereocenters. The van der Waals surface area contributed by atoms with E-state index in [1.807, 2.05) is 0 Å². The highest BCUT2D eigenvalue weighted by atomic mass is 15.2. The Balaban J connectivity index is 1.36. The Morgan fingerprint density at radius 3 is 1.67 bits per heavy atom. The van der Waals surface area contributed by atoms with Gasteiger partial charge in [0.25, 0.3) is 0 Å². The average Bonchev–Trinajstić information content (AvgIpc) is 3.45. The third-order valence-corrected chi connectivity index (χ3v) is 13.9. The Morgan fingerprint density at radius 1 is 0.443 bits per heavy atom. The third-order valence-electron chi connectivity index (χ3n) is 13.9. The first kappa shape index (κ1) is 39.3. The van der Waals surface area contributed by atoms with Crippen LogP contribution in [0.25, 0.3) is 33.4 Å². The molecule has 0 N–H and O–H groups in total. The van der Waals surface area contributed by atoms with Crippen molar-refractivity contribution in [2.24, 2.45) is 0 Å². The van der Waals surface area contributed by atoms with Crippen LogP contribution >= 0.6 is 0 Å². The lowest BCUT2D eigenvalue weighted by Gasteiger charge is -2.48. The maximum absolute atomic E-state index is 2.70. The van der Waals surface area contributed by atoms with E-state index < -0.39 is 0 Å². The molecular weight excluding hydrogens is 735 g/mol. The fourth-order valence-electron chi connectivity index (χ4n) is 10.7. The van der Waals surface area contributed by atoms with E-state index in [1.165, 1.54) is 106 Å². The lowest BCUT2D eigenvalue weighted by atomic mass is 9.41. The Bertz CT molecular complexity index is 2900. The SMILES string of the molecule is Cc1cc2c3c(c1)N(c1ccc(C(C)(C)C)cc1-c1ccccc1)c1ccc4c(c1B3N(c1ccc(C(C)(C)C)cc1)c1ccc(C(C)(C)C)cc1-2)C(C)(C)c1ccccc1-4. The van der Waals surface area contributed by atoms with Crippen LogP contribution in [0.1, 0.15) is 110 Å². The summed E-state index contributed by atoms with van der Waals surface area (Å²) >= 11 is 0. The predicted octanol–water partition coefficient (Wildman–Crippen LogP) is 14.6. The van der Waals surface area contributed by atoms with Gasteiger partial charge >= 0.3 is 6.85 Å². The molecule has 2 aliphatic heterocycles. The van der Waals surface area contributed by atoms with Crippen molar-refractivity contribution in [1.82, 2.24) is 0 Å². The molecule has 61 heavy (non-hydrogen) atoms. The van der Waals surface area contributed by atoms with Gasteiger partial charge in [0.15, 0.2) is 0 Å². The van der Waals surface area contributed by atoms with Gasteiger partial charge in [-0.1, -0.05) is 167 Å². The summed E-state index contributed by atoms with van der Waals surface area (Å²) < 4.78 is 0. The summed E-state index contributed by atoms with van der Waals surface area (Å²) in [6, 6.07) is 54.0. The van der Waals surface area contributed by atoms with Crippen LogP contribution in [-0.4, -0.2) is 6.85 Å². The molecule has 2 heterocycles. The number of benzene rings is 7. The van der Waals surface area contributed by atoms with E-state index in [1.54, 1.807) is 0 Å². The topological polar surface area (TPSA) is 6.48 Å². The normalized spacial score (nSPS) is 14.9. The molecule has 304 valence electrons. The molecule has 0 spiro atoms. The van der Waals surface area contributed by atoms with Crippen molar-refractivity contribution in [3.63, 3.8) is 0 Å². The van der Waals surface area contributed by atoms with Crippen molar-refractivity contribution >= 4 is 46.2 Å². The zero-order valence-electron chi connectivity index (χ0n) is 38.3. The lowest BCUT2D eigenvalue weighted by molar-refractivity contribution is 0.590. The smallest absolute Gasteiger partial charge is 0.333 e. The molecule has 0 saturated heterocycles. The van der Waals surface area contributed by atoms with Gasteiger partial charge in [-0.05, 0) is 138 Å². The molecule has 0 aromatic heterocycles. The van der Waals surface area contributed by atoms with Crippen LogP contribution in [0.2, 0.25) is 0 Å². The van der Waals surface area contributed by atoms with Crippen molar-refractivity contribution in [3.05, 3.63) is 173 Å². The molecular formula is C58H59BN2. The summed E-state index contributed by atoms with van der Waals surface area (Å²) in [6.45, 7) is 28.0. The summed E-state index contributed by atoms with van der Waals surface area (Å²) in [4.78, 5) is 5.34. The van der Waals surface area contributed by atoms with Crippen LogP contribution in [0, 0.1) is 6.92 Å². The second-order valence-corrected chi connectivity index (χ2v) is 21.6. The van der Waals surface area contributed by atoms with Crippen molar-refractivity contribution in [1.29, 1.82) is 0 Å². The number of hydrogen-bond donors (Lipinski definition) is 0. The maximum atomic E-state index is 2.70. The van der Waals surface area contributed by atoms with Crippen LogP contribution < -0.4 is 20.6 Å². The van der Waals surface area contributed by atoms with Gasteiger partial charge < -0.3 is 9.71 Å². The number of hydrogen-bond acceptors (Lipinski definition) is 2. The van der Waals surface area contributed by atoms with Crippen LogP contribution in [0.5, 0.6) is 0 Å². The van der Waals surface area contributed by atoms with Crippen LogP contribution in [0.15, 0.2) is 140 Å². The molecule has 3 aliphatic rings. The molecule has 0 radical (unpaired) electrons. The summed E-state index contributed by atoms with van der Waals surface area (Å²) in [5, 5.41) is 0. The maximum Gasteiger partial charge on any atom is 0.333 e. The lowest BCUT2D eigenvalue weighted by Crippen LogP contribution is -2.63. The summed E-state index contributed by atoms with van der Waals surface area (Å²) in [5.74, 6) is 0. The monoisotopic (exact) mass is 794 g/mol. The molecule has 0 unspecified atom stereocenters. The van der Waals surface area contributed by atoms with E-state index in [2.05, 4.69) is 232 Å². The average molecular weight is 795 g/mol. The molecule has 10 rings (SSSR count). The molecule has 3 heteroatoms. The predicted molar refractivity (Wildman–Crippen MR) is 264 cm³/mol. The van der Waals surface area contributed by atoms with E-state index in [9.17, 15) is 0 Å². The number of fused-ring (bicyclic) bond motifs is 8. The van der Waals surface area contributed by atoms with Gasteiger partial charge in [-0.15, -0.1) is 0 Å². The first-order valence-electron chi connectivity index (χ1n) is 22.3. The minimum atomic E-state index is -0.234. The highest BCUT2D eigenvalue weighted by Crippen LogP contribution is 2.54. The minimum Gasteiger partial charge on any atom is -0.376 e. The summed E-state index contributed by atoms with van der Waals surface area (Å²) in [6.07, 6.45) is 0. The zero-order valence-corrected chi connectivity index (χ0v) is 38.3. The molecule has 0 fully saturated rings. The molecule has 2 nitrogen and oxygen atoms in total. The first-order chi connectivity index (χ1) is 28.8. The Hall–Kier alpha value is -5.80. The summed E-state index contributed by atoms with van der Waals surface area (Å²) in [7, 11) is 0. The van der Waals surface area contributed by atoms with Crippen molar-refractivity contribution in [2.75, 3.05) is 9.71 Å². The van der Waals surface area contributed by atoms with Gasteiger partial charge in [0.05, 0.1) is 5.69 Å². The van der Waals surface area contributed by atoms with Gasteiger partial charge in [0.1, 0.15) is 0 Å². The van der Waals surface area contributed by atoms with Crippen molar-refractivity contribution in [3.8, 4) is 33.4 Å². The van der Waals surface area contributed by atoms with E-state index in [4.69, 9.17) is 0 Å². The quantitative estimate of drug-likeness (QED) is 0.164. The van der Waals surface area contributed by atoms with Crippen LogP contribution in [0.3, 0.4) is 0 Å². The first-order valence-corrected chi connectivity index (χ1v) is 22.3. The standard InChI is InChI=1S/C58H59BN2/c1-36-32-46-45-35-40(57(8,9)10)25-30-49(45)61(41-26-22-38(23-27-41)55(2,3)4)59-53(46)51(33-36)60(48-29-24-39(56(5,6)7)34-44(48)37-18-14-13-15-19-37)50-31-28-43-42-20-16-17-21-47(42)58(11,12)52(43)54(50)59/h13-35H,1-12H3. The minimum absolute atomic E-state index is 0.0103. The van der Waals surface area contributed by atoms with Crippen molar-refractivity contribution in [2.45, 2.75) is 105 Å². The third kappa shape index (κ3) is 6.05. The molecule has 0 amide bonds. The zero-order chi connectivity index (χ0) is 43.0. The Morgan fingerprint density at radius 2 is 1.02 bits per heavy atom. The van der Waals surface area contributed by atoms with Crippen LogP contribution in [0.4, 0.5) is 28.4 Å². The highest BCUT2D eigenvalue weighted by molar-refractivity contribution is 6.94. The largest absolute Gasteiger partial charge is 0.376 e. The van der Waals surface area contributed by atoms with E-state index in [-0.39, 0.29) is 28.5 Å². The Kier molecular flexibility index (Phi) is 8.61. The molecule has 0 bridgehead atoms. The number of nitrogens with zero attached hydrogens (tertiary/aromatic N) is 2. The van der Waals surface area contributed by atoms with E-state index in [0.29, 0.717) is 0 Å². The van der Waals surface area contributed by atoms with Gasteiger partial charge in [0.2, 0.25) is 0 Å².